The molecule has 2 heterocycles. The molecule has 0 saturated carbocycles. The van der Waals surface area contributed by atoms with Crippen LogP contribution in [0.4, 0.5) is 11.4 Å². The Labute approximate surface area is 158 Å². The van der Waals surface area contributed by atoms with Crippen LogP contribution in [0, 0.1) is 12.8 Å². The van der Waals surface area contributed by atoms with Crippen LogP contribution in [-0.4, -0.2) is 28.6 Å². The molecular formula is C18H24ClN5O2. The van der Waals surface area contributed by atoms with Gasteiger partial charge >= 0.3 is 0 Å². The van der Waals surface area contributed by atoms with Crippen molar-refractivity contribution in [2.75, 3.05) is 17.2 Å². The fourth-order valence-electron chi connectivity index (χ4n) is 2.72. The first kappa shape index (κ1) is 19.9. The molecule has 1 aliphatic rings. The minimum atomic E-state index is -0.253. The maximum absolute atomic E-state index is 12.6. The van der Waals surface area contributed by atoms with Gasteiger partial charge in [-0.3, -0.25) is 14.7 Å². The summed E-state index contributed by atoms with van der Waals surface area (Å²) in [5.74, 6) is -0.423. The molecule has 0 unspecified atom stereocenters. The van der Waals surface area contributed by atoms with E-state index in [0.29, 0.717) is 23.6 Å². The quantitative estimate of drug-likeness (QED) is 0.658. The molecule has 3 rings (SSSR count). The van der Waals surface area contributed by atoms with Crippen LogP contribution < -0.4 is 16.0 Å². The average Bonchev–Trinajstić information content (AvgIpc) is 3.02. The molecule has 2 amide bonds. The van der Waals surface area contributed by atoms with E-state index in [-0.39, 0.29) is 30.1 Å². The van der Waals surface area contributed by atoms with Crippen molar-refractivity contribution in [1.82, 2.24) is 15.5 Å². The second kappa shape index (κ2) is 8.33. The number of carbonyl (C=O) groups excluding carboxylic acids is 2. The number of H-pyrrole nitrogens is 1. The zero-order valence-corrected chi connectivity index (χ0v) is 15.9. The molecule has 2 aromatic rings. The van der Waals surface area contributed by atoms with E-state index >= 15 is 0 Å². The van der Waals surface area contributed by atoms with Crippen molar-refractivity contribution in [2.24, 2.45) is 5.92 Å². The Morgan fingerprint density at radius 1 is 1.23 bits per heavy atom. The first-order valence-corrected chi connectivity index (χ1v) is 8.45. The van der Waals surface area contributed by atoms with Gasteiger partial charge in [0.1, 0.15) is 0 Å². The summed E-state index contributed by atoms with van der Waals surface area (Å²) in [5.41, 5.74) is 4.58. The van der Waals surface area contributed by atoms with Crippen molar-refractivity contribution in [2.45, 2.75) is 33.7 Å². The zero-order chi connectivity index (χ0) is 18.0. The number of halogens is 1. The maximum Gasteiger partial charge on any atom is 0.276 e. The Bertz CT molecular complexity index is 816. The van der Waals surface area contributed by atoms with Crippen LogP contribution in [0.15, 0.2) is 18.2 Å². The first-order chi connectivity index (χ1) is 12.0. The van der Waals surface area contributed by atoms with Crippen molar-refractivity contribution in [3.05, 3.63) is 40.7 Å². The lowest BCUT2D eigenvalue weighted by molar-refractivity contribution is -0.118. The largest absolute Gasteiger partial charge is 0.326 e. The number of hydrogen-bond donors (Lipinski definition) is 4. The minimum absolute atomic E-state index is 0. The molecule has 4 N–H and O–H groups in total. The van der Waals surface area contributed by atoms with E-state index in [9.17, 15) is 9.59 Å². The summed E-state index contributed by atoms with van der Waals surface area (Å²) in [5, 5.41) is 16.1. The number of nitrogens with zero attached hydrogens (tertiary/aromatic N) is 1. The van der Waals surface area contributed by atoms with Crippen molar-refractivity contribution >= 4 is 35.6 Å². The Morgan fingerprint density at radius 3 is 2.73 bits per heavy atom. The lowest BCUT2D eigenvalue weighted by Crippen LogP contribution is -2.25. The van der Waals surface area contributed by atoms with Gasteiger partial charge in [0.15, 0.2) is 5.69 Å². The molecule has 0 bridgehead atoms. The van der Waals surface area contributed by atoms with Crippen molar-refractivity contribution < 1.29 is 9.59 Å². The predicted molar refractivity (Wildman–Crippen MR) is 104 cm³/mol. The third-order valence-corrected chi connectivity index (χ3v) is 4.30. The van der Waals surface area contributed by atoms with E-state index in [2.05, 4.69) is 26.1 Å². The highest BCUT2D eigenvalue weighted by Gasteiger charge is 2.22. The van der Waals surface area contributed by atoms with Crippen molar-refractivity contribution in [3.63, 3.8) is 0 Å². The molecule has 0 spiro atoms. The summed E-state index contributed by atoms with van der Waals surface area (Å²) in [6.07, 6.45) is 0.839. The Hall–Kier alpha value is -2.38. The summed E-state index contributed by atoms with van der Waals surface area (Å²) in [7, 11) is 0. The summed E-state index contributed by atoms with van der Waals surface area (Å²) < 4.78 is 0. The zero-order valence-electron chi connectivity index (χ0n) is 15.1. The topological polar surface area (TPSA) is 98.9 Å². The van der Waals surface area contributed by atoms with E-state index in [4.69, 9.17) is 0 Å². The summed E-state index contributed by atoms with van der Waals surface area (Å²) in [6, 6.07) is 5.46. The molecule has 1 aromatic carbocycles. The van der Waals surface area contributed by atoms with Crippen LogP contribution in [0.1, 0.15) is 41.2 Å². The maximum atomic E-state index is 12.6. The van der Waals surface area contributed by atoms with Crippen molar-refractivity contribution in [3.8, 4) is 0 Å². The van der Waals surface area contributed by atoms with Crippen LogP contribution in [-0.2, 0) is 17.8 Å². The van der Waals surface area contributed by atoms with Crippen LogP contribution in [0.2, 0.25) is 0 Å². The molecule has 1 aliphatic heterocycles. The van der Waals surface area contributed by atoms with E-state index in [1.165, 1.54) is 0 Å². The molecule has 7 nitrogen and oxygen atoms in total. The molecule has 0 saturated heterocycles. The van der Waals surface area contributed by atoms with Gasteiger partial charge in [-0.1, -0.05) is 19.9 Å². The first-order valence-electron chi connectivity index (χ1n) is 8.45. The van der Waals surface area contributed by atoms with Crippen LogP contribution >= 0.6 is 12.4 Å². The number of aromatic amines is 1. The van der Waals surface area contributed by atoms with Gasteiger partial charge in [0.25, 0.3) is 5.91 Å². The summed E-state index contributed by atoms with van der Waals surface area (Å²) >= 11 is 0. The van der Waals surface area contributed by atoms with Gasteiger partial charge < -0.3 is 16.0 Å². The van der Waals surface area contributed by atoms with Gasteiger partial charge in [-0.2, -0.15) is 5.10 Å². The van der Waals surface area contributed by atoms with Crippen LogP contribution in [0.3, 0.4) is 0 Å². The number of carbonyl (C=O) groups is 2. The molecule has 140 valence electrons. The minimum Gasteiger partial charge on any atom is -0.326 e. The number of nitrogens with one attached hydrogen (secondary N) is 4. The molecule has 0 radical (unpaired) electrons. The fourth-order valence-corrected chi connectivity index (χ4v) is 2.72. The summed E-state index contributed by atoms with van der Waals surface area (Å²) in [6.45, 7) is 7.10. The number of rotatable bonds is 4. The van der Waals surface area contributed by atoms with Gasteiger partial charge in [-0.05, 0) is 24.6 Å². The molecule has 0 atom stereocenters. The second-order valence-corrected chi connectivity index (χ2v) is 6.58. The number of benzene rings is 1. The van der Waals surface area contributed by atoms with E-state index in [1.54, 1.807) is 6.07 Å². The van der Waals surface area contributed by atoms with Gasteiger partial charge in [-0.15, -0.1) is 12.4 Å². The smallest absolute Gasteiger partial charge is 0.276 e. The SMILES string of the molecule is Cc1ccc(NC(=O)C(C)C)cc1NC(=O)c1n[nH]c2c1CNCC2.Cl. The lowest BCUT2D eigenvalue weighted by atomic mass is 10.1. The van der Waals surface area contributed by atoms with E-state index in [1.807, 2.05) is 32.9 Å². The molecule has 8 heteroatoms. The molecule has 1 aromatic heterocycles. The highest BCUT2D eigenvalue weighted by atomic mass is 35.5. The predicted octanol–water partition coefficient (Wildman–Crippen LogP) is 2.63. The normalized spacial score (nSPS) is 12.9. The van der Waals surface area contributed by atoms with Gasteiger partial charge in [0, 0.05) is 48.1 Å². The average molecular weight is 378 g/mol. The molecule has 0 aliphatic carbocycles. The van der Waals surface area contributed by atoms with E-state index in [0.717, 1.165) is 29.8 Å². The number of aromatic nitrogens is 2. The molecule has 0 fully saturated rings. The third kappa shape index (κ3) is 4.23. The third-order valence-electron chi connectivity index (χ3n) is 4.30. The number of aryl methyl sites for hydroxylation is 1. The van der Waals surface area contributed by atoms with Crippen LogP contribution in [0.5, 0.6) is 0 Å². The lowest BCUT2D eigenvalue weighted by Gasteiger charge is -2.14. The highest BCUT2D eigenvalue weighted by Crippen LogP contribution is 2.23. The van der Waals surface area contributed by atoms with Crippen LogP contribution in [0.25, 0.3) is 0 Å². The van der Waals surface area contributed by atoms with Gasteiger partial charge in [0.2, 0.25) is 5.91 Å². The number of anilines is 2. The Kier molecular flexibility index (Phi) is 6.39. The Morgan fingerprint density at radius 2 is 2.00 bits per heavy atom. The number of amides is 2. The standard InChI is InChI=1S/C18H23N5O2.ClH/c1-10(2)17(24)20-12-5-4-11(3)15(8-12)21-18(25)16-13-9-19-7-6-14(13)22-23-16;/h4-5,8,10,19H,6-7,9H2,1-3H3,(H,20,24)(H,21,25)(H,22,23);1H. The summed E-state index contributed by atoms with van der Waals surface area (Å²) in [4.78, 5) is 24.5. The highest BCUT2D eigenvalue weighted by molar-refractivity contribution is 6.05. The van der Waals surface area contributed by atoms with E-state index < -0.39 is 0 Å². The van der Waals surface area contributed by atoms with Gasteiger partial charge in [0.05, 0.1) is 0 Å². The van der Waals surface area contributed by atoms with Crippen molar-refractivity contribution in [1.29, 1.82) is 0 Å². The number of hydrogen-bond acceptors (Lipinski definition) is 4. The van der Waals surface area contributed by atoms with Gasteiger partial charge in [-0.25, -0.2) is 0 Å². The molecular weight excluding hydrogens is 354 g/mol. The monoisotopic (exact) mass is 377 g/mol. The second-order valence-electron chi connectivity index (χ2n) is 6.58. The fraction of sp³-hybridized carbons (Fsp3) is 0.389. The molecule has 26 heavy (non-hydrogen) atoms. The Balaban J connectivity index is 0.00000243. The number of fused-ring (bicyclic) bond motifs is 1.